The SMILES string of the molecule is N#CC1CCN(CCOC2=CCCC=C2)C1. The molecular formula is C13H18N2O. The Morgan fingerprint density at radius 2 is 2.44 bits per heavy atom. The third-order valence-corrected chi connectivity index (χ3v) is 3.09. The molecule has 0 aromatic heterocycles. The Hall–Kier alpha value is -1.27. The number of likely N-dealkylation sites (tertiary alicyclic amines) is 1. The van der Waals surface area contributed by atoms with E-state index < -0.39 is 0 Å². The normalized spacial score (nSPS) is 25.2. The van der Waals surface area contributed by atoms with Crippen LogP contribution in [0.25, 0.3) is 0 Å². The molecule has 0 bridgehead atoms. The summed E-state index contributed by atoms with van der Waals surface area (Å²) in [5.41, 5.74) is 0. The van der Waals surface area contributed by atoms with Crippen LogP contribution in [0, 0.1) is 17.2 Å². The molecule has 1 aliphatic heterocycles. The Balaban J connectivity index is 1.64. The number of ether oxygens (including phenoxy) is 1. The molecule has 0 amide bonds. The first-order chi connectivity index (χ1) is 7.88. The van der Waals surface area contributed by atoms with Crippen LogP contribution in [0.4, 0.5) is 0 Å². The van der Waals surface area contributed by atoms with Gasteiger partial charge in [0.2, 0.25) is 0 Å². The van der Waals surface area contributed by atoms with Gasteiger partial charge in [0.1, 0.15) is 12.4 Å². The quantitative estimate of drug-likeness (QED) is 0.725. The Morgan fingerprint density at radius 1 is 1.50 bits per heavy atom. The van der Waals surface area contributed by atoms with Crippen LogP contribution in [0.5, 0.6) is 0 Å². The molecule has 0 aromatic carbocycles. The summed E-state index contributed by atoms with van der Waals surface area (Å²) in [4.78, 5) is 2.31. The standard InChI is InChI=1S/C13H18N2O/c14-10-12-6-7-15(11-12)8-9-16-13-4-2-1-3-5-13/h2,4-5,12H,1,3,6-9,11H2. The molecule has 2 aliphatic rings. The monoisotopic (exact) mass is 218 g/mol. The molecule has 1 saturated heterocycles. The van der Waals surface area contributed by atoms with Crippen molar-refractivity contribution in [3.8, 4) is 6.07 Å². The summed E-state index contributed by atoms with van der Waals surface area (Å²) in [6, 6.07) is 2.33. The van der Waals surface area contributed by atoms with Gasteiger partial charge in [-0.15, -0.1) is 0 Å². The number of allylic oxidation sites excluding steroid dienone is 3. The molecule has 1 heterocycles. The second-order valence-corrected chi connectivity index (χ2v) is 4.35. The molecule has 86 valence electrons. The van der Waals surface area contributed by atoms with Crippen LogP contribution in [0.3, 0.4) is 0 Å². The summed E-state index contributed by atoms with van der Waals surface area (Å²) in [5.74, 6) is 1.23. The largest absolute Gasteiger partial charge is 0.493 e. The molecule has 3 heteroatoms. The minimum absolute atomic E-state index is 0.230. The number of nitrogens with zero attached hydrogens (tertiary/aromatic N) is 2. The van der Waals surface area contributed by atoms with Gasteiger partial charge in [-0.25, -0.2) is 0 Å². The minimum Gasteiger partial charge on any atom is -0.493 e. The summed E-state index contributed by atoms with van der Waals surface area (Å²) < 4.78 is 5.66. The van der Waals surface area contributed by atoms with Crippen LogP contribution in [0.15, 0.2) is 24.0 Å². The molecule has 1 atom stereocenters. The summed E-state index contributed by atoms with van der Waals surface area (Å²) >= 11 is 0. The van der Waals surface area contributed by atoms with Crippen LogP contribution in [-0.4, -0.2) is 31.1 Å². The summed E-state index contributed by atoms with van der Waals surface area (Å²) in [6.45, 7) is 3.61. The van der Waals surface area contributed by atoms with Gasteiger partial charge in [-0.3, -0.25) is 4.90 Å². The highest BCUT2D eigenvalue weighted by Gasteiger charge is 2.21. The molecular weight excluding hydrogens is 200 g/mol. The molecule has 0 N–H and O–H groups in total. The van der Waals surface area contributed by atoms with Crippen LogP contribution >= 0.6 is 0 Å². The third-order valence-electron chi connectivity index (χ3n) is 3.09. The van der Waals surface area contributed by atoms with Crippen molar-refractivity contribution in [2.24, 2.45) is 5.92 Å². The van der Waals surface area contributed by atoms with E-state index in [-0.39, 0.29) is 5.92 Å². The van der Waals surface area contributed by atoms with Gasteiger partial charge in [-0.2, -0.15) is 5.26 Å². The molecule has 0 radical (unpaired) electrons. The highest BCUT2D eigenvalue weighted by Crippen LogP contribution is 2.15. The minimum atomic E-state index is 0.230. The fourth-order valence-electron chi connectivity index (χ4n) is 2.13. The maximum absolute atomic E-state index is 8.79. The van der Waals surface area contributed by atoms with Gasteiger partial charge < -0.3 is 4.74 Å². The molecule has 16 heavy (non-hydrogen) atoms. The Labute approximate surface area is 97.0 Å². The average molecular weight is 218 g/mol. The van der Waals surface area contributed by atoms with Gasteiger partial charge in [0.15, 0.2) is 0 Å². The molecule has 1 unspecified atom stereocenters. The molecule has 1 fully saturated rings. The average Bonchev–Trinajstić information content (AvgIpc) is 2.78. The third kappa shape index (κ3) is 3.11. The Kier molecular flexibility index (Phi) is 4.01. The summed E-state index contributed by atoms with van der Waals surface area (Å²) in [6.07, 6.45) is 9.57. The van der Waals surface area contributed by atoms with Gasteiger partial charge in [0, 0.05) is 13.1 Å². The maximum Gasteiger partial charge on any atom is 0.115 e. The topological polar surface area (TPSA) is 36.3 Å². The van der Waals surface area contributed by atoms with E-state index in [1.54, 1.807) is 0 Å². The lowest BCUT2D eigenvalue weighted by atomic mass is 10.1. The highest BCUT2D eigenvalue weighted by molar-refractivity contribution is 5.15. The number of hydrogen-bond acceptors (Lipinski definition) is 3. The Bertz CT molecular complexity index is 327. The van der Waals surface area contributed by atoms with E-state index in [1.165, 1.54) is 0 Å². The van der Waals surface area contributed by atoms with E-state index in [2.05, 4.69) is 23.1 Å². The number of rotatable bonds is 4. The van der Waals surface area contributed by atoms with E-state index >= 15 is 0 Å². The number of nitriles is 1. The van der Waals surface area contributed by atoms with Crippen molar-refractivity contribution in [2.45, 2.75) is 19.3 Å². The molecule has 0 saturated carbocycles. The highest BCUT2D eigenvalue weighted by atomic mass is 16.5. The van der Waals surface area contributed by atoms with Gasteiger partial charge in [-0.05, 0) is 38.0 Å². The van der Waals surface area contributed by atoms with Crippen molar-refractivity contribution in [1.29, 1.82) is 5.26 Å². The van der Waals surface area contributed by atoms with Gasteiger partial charge in [0.05, 0.1) is 12.0 Å². The lowest BCUT2D eigenvalue weighted by Gasteiger charge is -2.16. The zero-order chi connectivity index (χ0) is 11.2. The lowest BCUT2D eigenvalue weighted by molar-refractivity contribution is 0.177. The van der Waals surface area contributed by atoms with Crippen molar-refractivity contribution in [1.82, 2.24) is 4.90 Å². The van der Waals surface area contributed by atoms with E-state index in [0.29, 0.717) is 0 Å². The van der Waals surface area contributed by atoms with Crippen LogP contribution in [0.2, 0.25) is 0 Å². The predicted octanol–water partition coefficient (Wildman–Crippen LogP) is 2.08. The second kappa shape index (κ2) is 5.72. The van der Waals surface area contributed by atoms with Crippen LogP contribution in [0.1, 0.15) is 19.3 Å². The van der Waals surface area contributed by atoms with Crippen molar-refractivity contribution in [3.05, 3.63) is 24.0 Å². The Morgan fingerprint density at radius 3 is 3.12 bits per heavy atom. The molecule has 0 aromatic rings. The van der Waals surface area contributed by atoms with Gasteiger partial charge >= 0.3 is 0 Å². The van der Waals surface area contributed by atoms with Crippen molar-refractivity contribution in [2.75, 3.05) is 26.2 Å². The smallest absolute Gasteiger partial charge is 0.115 e. The van der Waals surface area contributed by atoms with E-state index in [4.69, 9.17) is 10.00 Å². The molecule has 2 rings (SSSR count). The maximum atomic E-state index is 8.79. The second-order valence-electron chi connectivity index (χ2n) is 4.35. The fourth-order valence-corrected chi connectivity index (χ4v) is 2.13. The van der Waals surface area contributed by atoms with Crippen LogP contribution in [-0.2, 0) is 4.74 Å². The van der Waals surface area contributed by atoms with Gasteiger partial charge in [-0.1, -0.05) is 6.08 Å². The summed E-state index contributed by atoms with van der Waals surface area (Å²) in [5, 5.41) is 8.79. The first-order valence-corrected chi connectivity index (χ1v) is 6.00. The zero-order valence-corrected chi connectivity index (χ0v) is 9.56. The van der Waals surface area contributed by atoms with Crippen LogP contribution < -0.4 is 0 Å². The van der Waals surface area contributed by atoms with E-state index in [0.717, 1.165) is 51.3 Å². The lowest BCUT2D eigenvalue weighted by Crippen LogP contribution is -2.25. The summed E-state index contributed by atoms with van der Waals surface area (Å²) in [7, 11) is 0. The molecule has 1 aliphatic carbocycles. The predicted molar refractivity (Wildman–Crippen MR) is 62.6 cm³/mol. The van der Waals surface area contributed by atoms with E-state index in [1.807, 2.05) is 6.08 Å². The first-order valence-electron chi connectivity index (χ1n) is 6.00. The van der Waals surface area contributed by atoms with E-state index in [9.17, 15) is 0 Å². The molecule has 0 spiro atoms. The van der Waals surface area contributed by atoms with Crippen molar-refractivity contribution >= 4 is 0 Å². The zero-order valence-electron chi connectivity index (χ0n) is 9.56. The van der Waals surface area contributed by atoms with Crippen molar-refractivity contribution in [3.63, 3.8) is 0 Å². The number of hydrogen-bond donors (Lipinski definition) is 0. The first kappa shape index (κ1) is 11.2. The fraction of sp³-hybridized carbons (Fsp3) is 0.615. The molecule has 3 nitrogen and oxygen atoms in total. The van der Waals surface area contributed by atoms with Gasteiger partial charge in [0.25, 0.3) is 0 Å². The van der Waals surface area contributed by atoms with Crippen molar-refractivity contribution < 1.29 is 4.74 Å².